The lowest BCUT2D eigenvalue weighted by Crippen LogP contribution is -2.19. The van der Waals surface area contributed by atoms with Gasteiger partial charge in [0.25, 0.3) is 0 Å². The molecule has 4 heteroatoms. The lowest BCUT2D eigenvalue weighted by Gasteiger charge is -2.10. The van der Waals surface area contributed by atoms with Crippen molar-refractivity contribution in [2.75, 3.05) is 13.2 Å². The fraction of sp³-hybridized carbons (Fsp3) is 0.889. The van der Waals surface area contributed by atoms with Gasteiger partial charge in [0.1, 0.15) is 6.29 Å². The maximum Gasteiger partial charge on any atom is 0.119 e. The van der Waals surface area contributed by atoms with Gasteiger partial charge < -0.3 is 19.7 Å². The van der Waals surface area contributed by atoms with E-state index in [2.05, 4.69) is 0 Å². The Labute approximate surface area is 79.5 Å². The number of rotatable bonds is 5. The van der Waals surface area contributed by atoms with Crippen LogP contribution >= 0.6 is 0 Å². The average Bonchev–Trinajstić information content (AvgIpc) is 2.14. The number of aliphatic hydroxyl groups excluding tert-OH is 2. The van der Waals surface area contributed by atoms with Gasteiger partial charge in [-0.3, -0.25) is 0 Å². The van der Waals surface area contributed by atoms with Crippen molar-refractivity contribution in [2.24, 2.45) is 0 Å². The molecule has 0 fully saturated rings. The van der Waals surface area contributed by atoms with Crippen LogP contribution in [0.25, 0.3) is 0 Å². The molecule has 0 aromatic carbocycles. The summed E-state index contributed by atoms with van der Waals surface area (Å²) in [4.78, 5) is 9.17. The van der Waals surface area contributed by atoms with Gasteiger partial charge in [-0.1, -0.05) is 6.92 Å². The number of aldehydes is 1. The van der Waals surface area contributed by atoms with Crippen LogP contribution in [0.15, 0.2) is 0 Å². The molecule has 0 rings (SSSR count). The molecule has 0 heterocycles. The van der Waals surface area contributed by atoms with Gasteiger partial charge in [0.2, 0.25) is 0 Å². The summed E-state index contributed by atoms with van der Waals surface area (Å²) in [5.74, 6) is 0. The van der Waals surface area contributed by atoms with Crippen LogP contribution in [0.5, 0.6) is 0 Å². The largest absolute Gasteiger partial charge is 0.394 e. The molecule has 0 saturated heterocycles. The Hall–Kier alpha value is -0.450. The SMILES string of the molecule is CC(O)COC(C)CO.CCC=O. The third kappa shape index (κ3) is 18.5. The van der Waals surface area contributed by atoms with Gasteiger partial charge in [-0.25, -0.2) is 0 Å². The minimum absolute atomic E-state index is 0.00667. The Morgan fingerprint density at radius 1 is 1.46 bits per heavy atom. The minimum Gasteiger partial charge on any atom is -0.394 e. The highest BCUT2D eigenvalue weighted by Gasteiger charge is 2.00. The van der Waals surface area contributed by atoms with Crippen LogP contribution in [-0.2, 0) is 9.53 Å². The number of hydrogen-bond acceptors (Lipinski definition) is 4. The van der Waals surface area contributed by atoms with Gasteiger partial charge in [-0.15, -0.1) is 0 Å². The highest BCUT2D eigenvalue weighted by atomic mass is 16.5. The van der Waals surface area contributed by atoms with Gasteiger partial charge >= 0.3 is 0 Å². The third-order valence-corrected chi connectivity index (χ3v) is 1.05. The topological polar surface area (TPSA) is 66.8 Å². The Morgan fingerprint density at radius 2 is 1.92 bits per heavy atom. The average molecular weight is 192 g/mol. The zero-order valence-corrected chi connectivity index (χ0v) is 8.56. The molecule has 2 unspecified atom stereocenters. The number of aliphatic hydroxyl groups is 2. The second-order valence-electron chi connectivity index (χ2n) is 2.75. The van der Waals surface area contributed by atoms with Crippen molar-refractivity contribution in [3.8, 4) is 0 Å². The standard InChI is InChI=1S/C6H14O3.C3H6O/c1-5(8)4-9-6(2)3-7;1-2-3-4/h5-8H,3-4H2,1-2H3;3H,2H2,1H3. The Balaban J connectivity index is 0. The molecule has 2 atom stereocenters. The quantitative estimate of drug-likeness (QED) is 0.617. The van der Waals surface area contributed by atoms with Crippen molar-refractivity contribution in [2.45, 2.75) is 39.4 Å². The first-order valence-corrected chi connectivity index (χ1v) is 4.42. The molecule has 0 radical (unpaired) electrons. The monoisotopic (exact) mass is 192 g/mol. The molecule has 0 amide bonds. The Kier molecular flexibility index (Phi) is 13.4. The second kappa shape index (κ2) is 11.6. The summed E-state index contributed by atoms with van der Waals surface area (Å²) < 4.78 is 4.95. The summed E-state index contributed by atoms with van der Waals surface area (Å²) in [6.07, 6.45) is 0.901. The molecule has 80 valence electrons. The molecule has 0 aromatic heterocycles. The van der Waals surface area contributed by atoms with Crippen molar-refractivity contribution in [1.82, 2.24) is 0 Å². The normalized spacial score (nSPS) is 13.9. The predicted molar refractivity (Wildman–Crippen MR) is 50.5 cm³/mol. The second-order valence-corrected chi connectivity index (χ2v) is 2.75. The maximum absolute atomic E-state index is 9.17. The van der Waals surface area contributed by atoms with Crippen LogP contribution in [-0.4, -0.2) is 41.9 Å². The van der Waals surface area contributed by atoms with E-state index in [1.165, 1.54) is 0 Å². The van der Waals surface area contributed by atoms with E-state index >= 15 is 0 Å². The van der Waals surface area contributed by atoms with Crippen molar-refractivity contribution in [1.29, 1.82) is 0 Å². The van der Waals surface area contributed by atoms with E-state index in [0.29, 0.717) is 13.0 Å². The molecule has 0 spiro atoms. The molecule has 0 saturated carbocycles. The van der Waals surface area contributed by atoms with E-state index < -0.39 is 6.10 Å². The van der Waals surface area contributed by atoms with Crippen LogP contribution in [0.3, 0.4) is 0 Å². The van der Waals surface area contributed by atoms with E-state index in [1.807, 2.05) is 6.92 Å². The van der Waals surface area contributed by atoms with E-state index in [-0.39, 0.29) is 12.7 Å². The van der Waals surface area contributed by atoms with Gasteiger partial charge in [0.05, 0.1) is 25.4 Å². The van der Waals surface area contributed by atoms with E-state index in [1.54, 1.807) is 13.8 Å². The number of carbonyl (C=O) groups excluding carboxylic acids is 1. The number of hydrogen-bond donors (Lipinski definition) is 2. The Bertz CT molecular complexity index is 104. The van der Waals surface area contributed by atoms with Crippen molar-refractivity contribution in [3.05, 3.63) is 0 Å². The first-order chi connectivity index (χ1) is 6.08. The fourth-order valence-corrected chi connectivity index (χ4v) is 0.356. The van der Waals surface area contributed by atoms with E-state index in [4.69, 9.17) is 14.9 Å². The molecule has 0 aliphatic carbocycles. The fourth-order valence-electron chi connectivity index (χ4n) is 0.356. The van der Waals surface area contributed by atoms with Crippen LogP contribution in [0.1, 0.15) is 27.2 Å². The maximum atomic E-state index is 9.17. The number of ether oxygens (including phenoxy) is 1. The van der Waals surface area contributed by atoms with Crippen molar-refractivity contribution < 1.29 is 19.7 Å². The summed E-state index contributed by atoms with van der Waals surface area (Å²) in [7, 11) is 0. The van der Waals surface area contributed by atoms with Crippen molar-refractivity contribution >= 4 is 6.29 Å². The summed E-state index contributed by atoms with van der Waals surface area (Å²) in [5, 5.41) is 17.1. The zero-order valence-electron chi connectivity index (χ0n) is 8.56. The summed E-state index contributed by atoms with van der Waals surface area (Å²) in [6.45, 7) is 5.51. The van der Waals surface area contributed by atoms with E-state index in [0.717, 1.165) is 6.29 Å². The van der Waals surface area contributed by atoms with Crippen LogP contribution < -0.4 is 0 Å². The molecular weight excluding hydrogens is 172 g/mol. The molecule has 0 bridgehead atoms. The lowest BCUT2D eigenvalue weighted by atomic mass is 10.4. The first-order valence-electron chi connectivity index (χ1n) is 4.42. The first kappa shape index (κ1) is 15.0. The summed E-state index contributed by atoms with van der Waals surface area (Å²) in [6, 6.07) is 0. The summed E-state index contributed by atoms with van der Waals surface area (Å²) in [5.41, 5.74) is 0. The molecule has 13 heavy (non-hydrogen) atoms. The van der Waals surface area contributed by atoms with Crippen LogP contribution in [0.4, 0.5) is 0 Å². The number of carbonyl (C=O) groups is 1. The molecule has 2 N–H and O–H groups in total. The van der Waals surface area contributed by atoms with Gasteiger partial charge in [-0.2, -0.15) is 0 Å². The minimum atomic E-state index is -0.445. The van der Waals surface area contributed by atoms with Crippen LogP contribution in [0, 0.1) is 0 Å². The molecule has 0 aliphatic rings. The molecule has 0 aliphatic heterocycles. The third-order valence-electron chi connectivity index (χ3n) is 1.05. The molecule has 4 nitrogen and oxygen atoms in total. The van der Waals surface area contributed by atoms with Gasteiger partial charge in [-0.05, 0) is 13.8 Å². The van der Waals surface area contributed by atoms with Crippen molar-refractivity contribution in [3.63, 3.8) is 0 Å². The Morgan fingerprint density at radius 3 is 2.15 bits per heavy atom. The zero-order chi connectivity index (χ0) is 10.7. The predicted octanol–water partition coefficient (Wildman–Crippen LogP) is 0.360. The summed E-state index contributed by atoms with van der Waals surface area (Å²) >= 11 is 0. The smallest absolute Gasteiger partial charge is 0.119 e. The van der Waals surface area contributed by atoms with Gasteiger partial charge in [0.15, 0.2) is 0 Å². The lowest BCUT2D eigenvalue weighted by molar-refractivity contribution is -0.107. The highest BCUT2D eigenvalue weighted by molar-refractivity contribution is 5.48. The molecule has 0 aromatic rings. The highest BCUT2D eigenvalue weighted by Crippen LogP contribution is 1.90. The van der Waals surface area contributed by atoms with E-state index in [9.17, 15) is 4.79 Å². The molecular formula is C9H20O4. The van der Waals surface area contributed by atoms with Crippen LogP contribution in [0.2, 0.25) is 0 Å². The van der Waals surface area contributed by atoms with Gasteiger partial charge in [0, 0.05) is 6.42 Å².